The van der Waals surface area contributed by atoms with E-state index in [4.69, 9.17) is 9.84 Å². The molecule has 2 heterocycles. The minimum absolute atomic E-state index is 0.172. The van der Waals surface area contributed by atoms with Gasteiger partial charge < -0.3 is 14.4 Å². The second kappa shape index (κ2) is 5.82. The van der Waals surface area contributed by atoms with E-state index in [-0.39, 0.29) is 5.56 Å². The standard InChI is InChI=1S/C13H17NO4/c15-12-5-7-14(9-11(12)13(16)17)6-1-3-10-4-2-8-18-10/h5,7,9-10H,1-4,6,8H2,(H,16,17). The van der Waals surface area contributed by atoms with E-state index >= 15 is 0 Å². The number of pyridine rings is 1. The highest BCUT2D eigenvalue weighted by Crippen LogP contribution is 2.17. The topological polar surface area (TPSA) is 68.5 Å². The van der Waals surface area contributed by atoms with Crippen molar-refractivity contribution in [1.29, 1.82) is 0 Å². The molecule has 1 atom stereocenters. The van der Waals surface area contributed by atoms with Crippen LogP contribution in [0.2, 0.25) is 0 Å². The Morgan fingerprint density at radius 2 is 2.39 bits per heavy atom. The van der Waals surface area contributed by atoms with Crippen molar-refractivity contribution in [3.8, 4) is 0 Å². The predicted molar refractivity (Wildman–Crippen MR) is 65.9 cm³/mol. The first-order valence-corrected chi connectivity index (χ1v) is 6.22. The van der Waals surface area contributed by atoms with Gasteiger partial charge in [0, 0.05) is 31.6 Å². The van der Waals surface area contributed by atoms with Gasteiger partial charge in [0.15, 0.2) is 5.43 Å². The maximum absolute atomic E-state index is 11.3. The van der Waals surface area contributed by atoms with Crippen LogP contribution in [0.25, 0.3) is 0 Å². The van der Waals surface area contributed by atoms with Crippen molar-refractivity contribution in [3.05, 3.63) is 34.2 Å². The van der Waals surface area contributed by atoms with Crippen LogP contribution in [-0.2, 0) is 11.3 Å². The molecule has 1 aliphatic heterocycles. The zero-order valence-corrected chi connectivity index (χ0v) is 10.2. The second-order valence-corrected chi connectivity index (χ2v) is 4.54. The van der Waals surface area contributed by atoms with Gasteiger partial charge in [-0.15, -0.1) is 0 Å². The van der Waals surface area contributed by atoms with Gasteiger partial charge in [0.1, 0.15) is 5.56 Å². The van der Waals surface area contributed by atoms with Gasteiger partial charge in [-0.3, -0.25) is 4.79 Å². The summed E-state index contributed by atoms with van der Waals surface area (Å²) in [4.78, 5) is 22.1. The van der Waals surface area contributed by atoms with E-state index in [1.54, 1.807) is 10.8 Å². The highest BCUT2D eigenvalue weighted by Gasteiger charge is 2.14. The number of hydrogen-bond acceptors (Lipinski definition) is 3. The third kappa shape index (κ3) is 3.20. The molecule has 98 valence electrons. The number of aromatic nitrogens is 1. The van der Waals surface area contributed by atoms with Crippen molar-refractivity contribution < 1.29 is 14.6 Å². The SMILES string of the molecule is O=C(O)c1cn(CCCC2CCCO2)ccc1=O. The summed E-state index contributed by atoms with van der Waals surface area (Å²) in [5.74, 6) is -1.17. The van der Waals surface area contributed by atoms with E-state index < -0.39 is 11.4 Å². The van der Waals surface area contributed by atoms with Crippen LogP contribution in [0, 0.1) is 0 Å². The number of carboxylic acid groups (broad SMARTS) is 1. The molecule has 1 fully saturated rings. The van der Waals surface area contributed by atoms with Crippen LogP contribution >= 0.6 is 0 Å². The van der Waals surface area contributed by atoms with Crippen molar-refractivity contribution in [1.82, 2.24) is 4.57 Å². The fourth-order valence-corrected chi connectivity index (χ4v) is 2.20. The Kier molecular flexibility index (Phi) is 4.15. The fraction of sp³-hybridized carbons (Fsp3) is 0.538. The molecular formula is C13H17NO4. The number of ether oxygens (including phenoxy) is 1. The number of aromatic carboxylic acids is 1. The summed E-state index contributed by atoms with van der Waals surface area (Å²) < 4.78 is 7.27. The van der Waals surface area contributed by atoms with Gasteiger partial charge in [-0.05, 0) is 25.7 Å². The molecule has 1 aliphatic rings. The Balaban J connectivity index is 1.90. The molecule has 1 aromatic rings. The quantitative estimate of drug-likeness (QED) is 0.861. The van der Waals surface area contributed by atoms with E-state index in [0.717, 1.165) is 32.3 Å². The van der Waals surface area contributed by atoms with Crippen LogP contribution < -0.4 is 5.43 Å². The lowest BCUT2D eigenvalue weighted by atomic mass is 10.1. The third-order valence-corrected chi connectivity index (χ3v) is 3.17. The van der Waals surface area contributed by atoms with Crippen LogP contribution in [-0.4, -0.2) is 28.4 Å². The first kappa shape index (κ1) is 12.8. The average Bonchev–Trinajstić information content (AvgIpc) is 2.84. The van der Waals surface area contributed by atoms with Crippen molar-refractivity contribution >= 4 is 5.97 Å². The molecule has 0 aromatic carbocycles. The summed E-state index contributed by atoms with van der Waals surface area (Å²) in [5, 5.41) is 8.85. The number of nitrogens with zero attached hydrogens (tertiary/aromatic N) is 1. The smallest absolute Gasteiger partial charge is 0.341 e. The summed E-state index contributed by atoms with van der Waals surface area (Å²) >= 11 is 0. The molecule has 0 amide bonds. The predicted octanol–water partition coefficient (Wildman–Crippen LogP) is 1.51. The minimum Gasteiger partial charge on any atom is -0.477 e. The van der Waals surface area contributed by atoms with E-state index in [0.29, 0.717) is 12.6 Å². The van der Waals surface area contributed by atoms with E-state index in [1.807, 2.05) is 0 Å². The Labute approximate surface area is 105 Å². The summed E-state index contributed by atoms with van der Waals surface area (Å²) in [6, 6.07) is 1.30. The number of carbonyl (C=O) groups is 1. The molecule has 2 rings (SSSR count). The number of hydrogen-bond donors (Lipinski definition) is 1. The molecule has 0 radical (unpaired) electrons. The lowest BCUT2D eigenvalue weighted by molar-refractivity contribution is 0.0694. The van der Waals surface area contributed by atoms with Crippen LogP contribution in [0.15, 0.2) is 23.3 Å². The monoisotopic (exact) mass is 251 g/mol. The number of carboxylic acids is 1. The molecule has 5 nitrogen and oxygen atoms in total. The normalized spacial score (nSPS) is 19.0. The number of aryl methyl sites for hydroxylation is 1. The minimum atomic E-state index is -1.17. The van der Waals surface area contributed by atoms with Crippen molar-refractivity contribution in [2.45, 2.75) is 38.3 Å². The molecule has 18 heavy (non-hydrogen) atoms. The van der Waals surface area contributed by atoms with E-state index in [9.17, 15) is 9.59 Å². The van der Waals surface area contributed by atoms with Gasteiger partial charge in [-0.2, -0.15) is 0 Å². The van der Waals surface area contributed by atoms with Crippen molar-refractivity contribution in [3.63, 3.8) is 0 Å². The molecule has 1 aromatic heterocycles. The summed E-state index contributed by atoms with van der Waals surface area (Å²) in [7, 11) is 0. The van der Waals surface area contributed by atoms with Gasteiger partial charge >= 0.3 is 5.97 Å². The van der Waals surface area contributed by atoms with E-state index in [1.165, 1.54) is 12.3 Å². The van der Waals surface area contributed by atoms with Gasteiger partial charge in [-0.25, -0.2) is 4.79 Å². The Morgan fingerprint density at radius 1 is 1.56 bits per heavy atom. The van der Waals surface area contributed by atoms with Gasteiger partial charge in [-0.1, -0.05) is 0 Å². The fourth-order valence-electron chi connectivity index (χ4n) is 2.20. The van der Waals surface area contributed by atoms with Crippen molar-refractivity contribution in [2.24, 2.45) is 0 Å². The molecule has 1 saturated heterocycles. The molecule has 0 saturated carbocycles. The lowest BCUT2D eigenvalue weighted by Crippen LogP contribution is -2.17. The first-order chi connectivity index (χ1) is 8.66. The van der Waals surface area contributed by atoms with Crippen LogP contribution in [0.4, 0.5) is 0 Å². The average molecular weight is 251 g/mol. The maximum Gasteiger partial charge on any atom is 0.341 e. The first-order valence-electron chi connectivity index (χ1n) is 6.22. The van der Waals surface area contributed by atoms with Crippen LogP contribution in [0.5, 0.6) is 0 Å². The molecule has 5 heteroatoms. The Hall–Kier alpha value is -1.62. The zero-order chi connectivity index (χ0) is 13.0. The van der Waals surface area contributed by atoms with Gasteiger partial charge in [0.05, 0.1) is 6.10 Å². The highest BCUT2D eigenvalue weighted by molar-refractivity contribution is 5.86. The second-order valence-electron chi connectivity index (χ2n) is 4.54. The molecule has 0 bridgehead atoms. The Morgan fingerprint density at radius 3 is 3.06 bits per heavy atom. The van der Waals surface area contributed by atoms with Crippen LogP contribution in [0.3, 0.4) is 0 Å². The molecule has 1 N–H and O–H groups in total. The summed E-state index contributed by atoms with van der Waals surface area (Å²) in [5.41, 5.74) is -0.618. The van der Waals surface area contributed by atoms with Crippen molar-refractivity contribution in [2.75, 3.05) is 6.61 Å². The molecule has 0 spiro atoms. The third-order valence-electron chi connectivity index (χ3n) is 3.17. The largest absolute Gasteiger partial charge is 0.477 e. The number of rotatable bonds is 5. The van der Waals surface area contributed by atoms with Gasteiger partial charge in [0.2, 0.25) is 0 Å². The molecular weight excluding hydrogens is 234 g/mol. The highest BCUT2D eigenvalue weighted by atomic mass is 16.5. The Bertz CT molecular complexity index is 474. The lowest BCUT2D eigenvalue weighted by Gasteiger charge is -2.10. The van der Waals surface area contributed by atoms with Gasteiger partial charge in [0.25, 0.3) is 0 Å². The van der Waals surface area contributed by atoms with E-state index in [2.05, 4.69) is 0 Å². The summed E-state index contributed by atoms with van der Waals surface area (Å²) in [6.07, 6.45) is 7.53. The molecule has 1 unspecified atom stereocenters. The summed E-state index contributed by atoms with van der Waals surface area (Å²) in [6.45, 7) is 1.56. The maximum atomic E-state index is 11.3. The van der Waals surface area contributed by atoms with Crippen LogP contribution in [0.1, 0.15) is 36.0 Å². The zero-order valence-electron chi connectivity index (χ0n) is 10.2. The molecule has 0 aliphatic carbocycles.